The van der Waals surface area contributed by atoms with Crippen molar-refractivity contribution in [2.45, 2.75) is 25.5 Å². The Morgan fingerprint density at radius 2 is 2.50 bits per heavy atom. The van der Waals surface area contributed by atoms with Crippen LogP contribution < -0.4 is 4.72 Å². The third kappa shape index (κ3) is 3.29. The standard InChI is InChI=1S/C9H15N3O3S/c13-16(14,7-9-2-1-3-15-9)12-6-8-4-10-11-5-8/h4-5,9,12H,1-3,6-7H2,(H,10,11). The summed E-state index contributed by atoms with van der Waals surface area (Å²) in [5.74, 6) is 0.0465. The van der Waals surface area contributed by atoms with Gasteiger partial charge in [0, 0.05) is 24.9 Å². The Balaban J connectivity index is 1.82. The van der Waals surface area contributed by atoms with E-state index < -0.39 is 10.0 Å². The van der Waals surface area contributed by atoms with Crippen LogP contribution in [0.4, 0.5) is 0 Å². The molecule has 0 amide bonds. The molecule has 0 aromatic carbocycles. The first kappa shape index (κ1) is 11.6. The first-order chi connectivity index (χ1) is 7.66. The maximum Gasteiger partial charge on any atom is 0.214 e. The molecular formula is C9H15N3O3S. The molecule has 1 aromatic heterocycles. The molecule has 2 N–H and O–H groups in total. The van der Waals surface area contributed by atoms with Crippen molar-refractivity contribution in [1.82, 2.24) is 14.9 Å². The molecule has 0 radical (unpaired) electrons. The van der Waals surface area contributed by atoms with E-state index in [1.165, 1.54) is 0 Å². The summed E-state index contributed by atoms with van der Waals surface area (Å²) in [7, 11) is -3.26. The summed E-state index contributed by atoms with van der Waals surface area (Å²) in [5.41, 5.74) is 0.816. The fraction of sp³-hybridized carbons (Fsp3) is 0.667. The minimum atomic E-state index is -3.26. The summed E-state index contributed by atoms with van der Waals surface area (Å²) in [6, 6.07) is 0. The van der Waals surface area contributed by atoms with Gasteiger partial charge in [0.2, 0.25) is 10.0 Å². The van der Waals surface area contributed by atoms with E-state index in [1.54, 1.807) is 12.4 Å². The lowest BCUT2D eigenvalue weighted by atomic mass is 10.3. The minimum absolute atomic E-state index is 0.0465. The SMILES string of the molecule is O=S(=O)(CC1CCCO1)NCc1cn[nH]c1. The average Bonchev–Trinajstić information content (AvgIpc) is 2.85. The molecule has 0 bridgehead atoms. The molecule has 2 rings (SSSR count). The van der Waals surface area contributed by atoms with Gasteiger partial charge in [-0.1, -0.05) is 0 Å². The first-order valence-electron chi connectivity index (χ1n) is 5.22. The summed E-state index contributed by atoms with van der Waals surface area (Å²) in [4.78, 5) is 0. The lowest BCUT2D eigenvalue weighted by Gasteiger charge is -2.10. The van der Waals surface area contributed by atoms with Gasteiger partial charge in [0.05, 0.1) is 18.1 Å². The van der Waals surface area contributed by atoms with E-state index in [0.29, 0.717) is 6.61 Å². The summed E-state index contributed by atoms with van der Waals surface area (Å²) < 4.78 is 31.1. The van der Waals surface area contributed by atoms with Crippen molar-refractivity contribution in [3.63, 3.8) is 0 Å². The van der Waals surface area contributed by atoms with Crippen LogP contribution in [0.5, 0.6) is 0 Å². The molecule has 90 valence electrons. The van der Waals surface area contributed by atoms with Crippen LogP contribution in [0, 0.1) is 0 Å². The number of H-pyrrole nitrogens is 1. The number of ether oxygens (including phenoxy) is 1. The van der Waals surface area contributed by atoms with Gasteiger partial charge in [-0.05, 0) is 12.8 Å². The fourth-order valence-electron chi connectivity index (χ4n) is 1.65. The van der Waals surface area contributed by atoms with Gasteiger partial charge in [-0.2, -0.15) is 5.10 Å². The second-order valence-corrected chi connectivity index (χ2v) is 5.70. The maximum absolute atomic E-state index is 11.7. The van der Waals surface area contributed by atoms with Crippen molar-refractivity contribution in [2.75, 3.05) is 12.4 Å². The topological polar surface area (TPSA) is 84.1 Å². The Kier molecular flexibility index (Phi) is 3.57. The van der Waals surface area contributed by atoms with Crippen molar-refractivity contribution in [3.05, 3.63) is 18.0 Å². The molecule has 6 nitrogen and oxygen atoms in total. The highest BCUT2D eigenvalue weighted by Crippen LogP contribution is 2.13. The van der Waals surface area contributed by atoms with Crippen LogP contribution in [0.1, 0.15) is 18.4 Å². The van der Waals surface area contributed by atoms with E-state index in [1.807, 2.05) is 0 Å². The van der Waals surface area contributed by atoms with Crippen LogP contribution in [0.25, 0.3) is 0 Å². The smallest absolute Gasteiger partial charge is 0.214 e. The number of nitrogens with zero attached hydrogens (tertiary/aromatic N) is 1. The lowest BCUT2D eigenvalue weighted by molar-refractivity contribution is 0.127. The monoisotopic (exact) mass is 245 g/mol. The molecule has 16 heavy (non-hydrogen) atoms. The zero-order valence-corrected chi connectivity index (χ0v) is 9.66. The number of sulfonamides is 1. The number of aromatic amines is 1. The summed E-state index contributed by atoms with van der Waals surface area (Å²) in [6.45, 7) is 0.938. The molecule has 1 fully saturated rings. The van der Waals surface area contributed by atoms with Crippen LogP contribution >= 0.6 is 0 Å². The normalized spacial score (nSPS) is 21.4. The molecule has 0 spiro atoms. The Labute approximate surface area is 94.4 Å². The second-order valence-electron chi connectivity index (χ2n) is 3.84. The van der Waals surface area contributed by atoms with Crippen LogP contribution in [0.15, 0.2) is 12.4 Å². The Morgan fingerprint density at radius 3 is 3.12 bits per heavy atom. The van der Waals surface area contributed by atoms with Crippen LogP contribution in [-0.4, -0.2) is 37.1 Å². The fourth-order valence-corrected chi connectivity index (χ4v) is 2.90. The maximum atomic E-state index is 11.7. The lowest BCUT2D eigenvalue weighted by Crippen LogP contribution is -2.31. The van der Waals surface area contributed by atoms with Crippen LogP contribution in [0.3, 0.4) is 0 Å². The molecule has 1 aromatic rings. The van der Waals surface area contributed by atoms with Crippen molar-refractivity contribution in [3.8, 4) is 0 Å². The summed E-state index contributed by atoms with van der Waals surface area (Å²) in [6.07, 6.45) is 4.87. The van der Waals surface area contributed by atoms with Crippen molar-refractivity contribution in [1.29, 1.82) is 0 Å². The van der Waals surface area contributed by atoms with Crippen molar-refractivity contribution in [2.24, 2.45) is 0 Å². The van der Waals surface area contributed by atoms with E-state index in [0.717, 1.165) is 18.4 Å². The van der Waals surface area contributed by atoms with E-state index in [-0.39, 0.29) is 18.4 Å². The first-order valence-corrected chi connectivity index (χ1v) is 6.87. The molecule has 1 unspecified atom stereocenters. The van der Waals surface area contributed by atoms with E-state index in [9.17, 15) is 8.42 Å². The Morgan fingerprint density at radius 1 is 1.62 bits per heavy atom. The highest BCUT2D eigenvalue weighted by atomic mass is 32.2. The van der Waals surface area contributed by atoms with Gasteiger partial charge in [-0.15, -0.1) is 0 Å². The largest absolute Gasteiger partial charge is 0.377 e. The van der Waals surface area contributed by atoms with Crippen LogP contribution in [-0.2, 0) is 21.3 Å². The number of hydrogen-bond acceptors (Lipinski definition) is 4. The number of nitrogens with one attached hydrogen (secondary N) is 2. The Hall–Kier alpha value is -0.920. The number of aromatic nitrogens is 2. The predicted octanol–water partition coefficient (Wildman–Crippen LogP) is 0.00810. The summed E-state index contributed by atoms with van der Waals surface area (Å²) in [5, 5.41) is 6.37. The highest BCUT2D eigenvalue weighted by molar-refractivity contribution is 7.89. The number of hydrogen-bond donors (Lipinski definition) is 2. The van der Waals surface area contributed by atoms with E-state index >= 15 is 0 Å². The van der Waals surface area contributed by atoms with E-state index in [2.05, 4.69) is 14.9 Å². The van der Waals surface area contributed by atoms with Gasteiger partial charge in [0.1, 0.15) is 0 Å². The molecule has 0 aliphatic carbocycles. The van der Waals surface area contributed by atoms with Gasteiger partial charge in [-0.25, -0.2) is 13.1 Å². The quantitative estimate of drug-likeness (QED) is 0.765. The minimum Gasteiger partial charge on any atom is -0.377 e. The molecular weight excluding hydrogens is 230 g/mol. The molecule has 1 aliphatic heterocycles. The van der Waals surface area contributed by atoms with Gasteiger partial charge in [0.25, 0.3) is 0 Å². The highest BCUT2D eigenvalue weighted by Gasteiger charge is 2.22. The van der Waals surface area contributed by atoms with Gasteiger partial charge in [0.15, 0.2) is 0 Å². The summed E-state index contributed by atoms with van der Waals surface area (Å²) >= 11 is 0. The second kappa shape index (κ2) is 4.94. The third-order valence-electron chi connectivity index (χ3n) is 2.48. The molecule has 0 saturated carbocycles. The molecule has 7 heteroatoms. The Bertz CT molecular complexity index is 409. The van der Waals surface area contributed by atoms with Crippen molar-refractivity contribution < 1.29 is 13.2 Å². The number of rotatable bonds is 5. The van der Waals surface area contributed by atoms with Gasteiger partial charge in [-0.3, -0.25) is 5.10 Å². The zero-order chi connectivity index (χ0) is 11.4. The van der Waals surface area contributed by atoms with Crippen LogP contribution in [0.2, 0.25) is 0 Å². The molecule has 2 heterocycles. The van der Waals surface area contributed by atoms with E-state index in [4.69, 9.17) is 4.74 Å². The molecule has 1 saturated heterocycles. The zero-order valence-electron chi connectivity index (χ0n) is 8.85. The van der Waals surface area contributed by atoms with Gasteiger partial charge < -0.3 is 4.74 Å². The third-order valence-corrected chi connectivity index (χ3v) is 3.88. The van der Waals surface area contributed by atoms with Gasteiger partial charge >= 0.3 is 0 Å². The van der Waals surface area contributed by atoms with Crippen molar-refractivity contribution >= 4 is 10.0 Å². The predicted molar refractivity (Wildman–Crippen MR) is 58.2 cm³/mol. The molecule has 1 aliphatic rings. The molecule has 1 atom stereocenters. The average molecular weight is 245 g/mol.